The van der Waals surface area contributed by atoms with Crippen molar-refractivity contribution in [3.05, 3.63) is 65.1 Å². The van der Waals surface area contributed by atoms with Crippen LogP contribution in [0.4, 0.5) is 13.9 Å². The van der Waals surface area contributed by atoms with Crippen molar-refractivity contribution in [1.29, 1.82) is 0 Å². The van der Waals surface area contributed by atoms with E-state index >= 15 is 0 Å². The molecule has 144 valence electrons. The smallest absolute Gasteiger partial charge is 0.250 e. The normalized spacial score (nSPS) is 10.9. The third-order valence-corrected chi connectivity index (χ3v) is 4.54. The summed E-state index contributed by atoms with van der Waals surface area (Å²) in [4.78, 5) is 16.3. The fourth-order valence-corrected chi connectivity index (χ4v) is 3.12. The third-order valence-electron chi connectivity index (χ3n) is 3.78. The number of methoxy groups -OCH3 is 2. The number of benzene rings is 2. The fraction of sp³-hybridized carbons (Fsp3) is 0.100. The lowest BCUT2D eigenvalue weighted by molar-refractivity contribution is -0.111. The van der Waals surface area contributed by atoms with E-state index in [1.54, 1.807) is 36.8 Å². The highest BCUT2D eigenvalue weighted by Crippen LogP contribution is 2.28. The van der Waals surface area contributed by atoms with Gasteiger partial charge in [0.05, 0.1) is 19.9 Å². The number of rotatable bonds is 6. The predicted octanol–water partition coefficient (Wildman–Crippen LogP) is 4.76. The molecule has 0 saturated carbocycles. The van der Waals surface area contributed by atoms with Gasteiger partial charge in [-0.1, -0.05) is 6.07 Å². The molecule has 0 bridgehead atoms. The maximum atomic E-state index is 13.4. The molecule has 0 aliphatic heterocycles. The Morgan fingerprint density at radius 3 is 2.57 bits per heavy atom. The van der Waals surface area contributed by atoms with Crippen LogP contribution in [0, 0.1) is 11.6 Å². The number of amides is 1. The van der Waals surface area contributed by atoms with Crippen molar-refractivity contribution >= 4 is 28.5 Å². The Balaban J connectivity index is 1.67. The molecule has 0 fully saturated rings. The van der Waals surface area contributed by atoms with Gasteiger partial charge in [0.15, 0.2) is 28.3 Å². The molecule has 0 aliphatic carbocycles. The number of hydrogen-bond donors (Lipinski definition) is 1. The Bertz CT molecular complexity index is 1030. The first-order chi connectivity index (χ1) is 13.5. The van der Waals surface area contributed by atoms with Crippen molar-refractivity contribution in [3.8, 4) is 22.8 Å². The molecule has 0 atom stereocenters. The van der Waals surface area contributed by atoms with E-state index in [4.69, 9.17) is 9.47 Å². The van der Waals surface area contributed by atoms with E-state index in [1.807, 2.05) is 0 Å². The van der Waals surface area contributed by atoms with Gasteiger partial charge < -0.3 is 9.47 Å². The monoisotopic (exact) mass is 402 g/mol. The first-order valence-corrected chi connectivity index (χ1v) is 9.00. The van der Waals surface area contributed by atoms with Gasteiger partial charge in [-0.2, -0.15) is 0 Å². The van der Waals surface area contributed by atoms with Gasteiger partial charge in [0, 0.05) is 17.0 Å². The van der Waals surface area contributed by atoms with Crippen LogP contribution >= 0.6 is 11.3 Å². The molecule has 1 aromatic heterocycles. The molecular formula is C20H16F2N2O3S. The van der Waals surface area contributed by atoms with E-state index < -0.39 is 11.6 Å². The lowest BCUT2D eigenvalue weighted by Crippen LogP contribution is -2.07. The van der Waals surface area contributed by atoms with E-state index in [1.165, 1.54) is 30.6 Å². The number of nitrogens with one attached hydrogen (secondary N) is 1. The first-order valence-electron chi connectivity index (χ1n) is 8.12. The summed E-state index contributed by atoms with van der Waals surface area (Å²) in [6.45, 7) is 0. The third kappa shape index (κ3) is 4.52. The Morgan fingerprint density at radius 1 is 1.07 bits per heavy atom. The van der Waals surface area contributed by atoms with Crippen LogP contribution in [0.25, 0.3) is 17.3 Å². The highest BCUT2D eigenvalue weighted by Gasteiger charge is 2.09. The second kappa shape index (κ2) is 8.62. The zero-order valence-electron chi connectivity index (χ0n) is 15.0. The molecule has 1 heterocycles. The Morgan fingerprint density at radius 2 is 1.86 bits per heavy atom. The number of aromatic nitrogens is 1. The van der Waals surface area contributed by atoms with Gasteiger partial charge in [-0.15, -0.1) is 11.3 Å². The van der Waals surface area contributed by atoms with Gasteiger partial charge >= 0.3 is 0 Å². The van der Waals surface area contributed by atoms with Crippen LogP contribution < -0.4 is 14.8 Å². The molecule has 28 heavy (non-hydrogen) atoms. The zero-order valence-corrected chi connectivity index (χ0v) is 15.8. The summed E-state index contributed by atoms with van der Waals surface area (Å²) in [5, 5.41) is 4.64. The van der Waals surface area contributed by atoms with Crippen LogP contribution in [0.1, 0.15) is 5.56 Å². The predicted molar refractivity (Wildman–Crippen MR) is 105 cm³/mol. The second-order valence-electron chi connectivity index (χ2n) is 5.60. The number of anilines is 1. The minimum absolute atomic E-state index is 0.349. The van der Waals surface area contributed by atoms with Gasteiger partial charge in [-0.05, 0) is 42.0 Å². The van der Waals surface area contributed by atoms with Crippen molar-refractivity contribution in [3.63, 3.8) is 0 Å². The first kappa shape index (κ1) is 19.5. The van der Waals surface area contributed by atoms with Gasteiger partial charge in [0.2, 0.25) is 5.91 Å². The lowest BCUT2D eigenvalue weighted by Gasteiger charge is -2.07. The van der Waals surface area contributed by atoms with Crippen LogP contribution in [0.5, 0.6) is 11.5 Å². The summed E-state index contributed by atoms with van der Waals surface area (Å²) >= 11 is 1.19. The van der Waals surface area contributed by atoms with Crippen molar-refractivity contribution < 1.29 is 23.0 Å². The van der Waals surface area contributed by atoms with E-state index in [9.17, 15) is 13.6 Å². The van der Waals surface area contributed by atoms with Gasteiger partial charge in [-0.25, -0.2) is 13.8 Å². The Kier molecular flexibility index (Phi) is 6.00. The molecular weight excluding hydrogens is 386 g/mol. The van der Waals surface area contributed by atoms with Gasteiger partial charge in [-0.3, -0.25) is 10.1 Å². The molecule has 0 unspecified atom stereocenters. The van der Waals surface area contributed by atoms with Crippen LogP contribution in [0.2, 0.25) is 0 Å². The molecule has 5 nitrogen and oxygen atoms in total. The highest BCUT2D eigenvalue weighted by atomic mass is 32.1. The Hall–Kier alpha value is -3.26. The van der Waals surface area contributed by atoms with E-state index in [0.29, 0.717) is 27.9 Å². The minimum Gasteiger partial charge on any atom is -0.493 e. The molecule has 1 N–H and O–H groups in total. The maximum absolute atomic E-state index is 13.4. The summed E-state index contributed by atoms with van der Waals surface area (Å²) in [5.74, 6) is -1.10. The molecule has 0 radical (unpaired) electrons. The molecule has 0 spiro atoms. The number of ether oxygens (including phenoxy) is 2. The minimum atomic E-state index is -0.950. The van der Waals surface area contributed by atoms with E-state index in [-0.39, 0.29) is 5.91 Å². The van der Waals surface area contributed by atoms with Crippen LogP contribution in [-0.4, -0.2) is 25.1 Å². The maximum Gasteiger partial charge on any atom is 0.250 e. The van der Waals surface area contributed by atoms with Crippen LogP contribution in [0.3, 0.4) is 0 Å². The molecule has 3 rings (SSSR count). The number of nitrogens with zero attached hydrogens (tertiary/aromatic N) is 1. The number of carbonyl (C=O) groups is 1. The average molecular weight is 402 g/mol. The summed E-state index contributed by atoms with van der Waals surface area (Å²) < 4.78 is 36.8. The topological polar surface area (TPSA) is 60.5 Å². The summed E-state index contributed by atoms with van der Waals surface area (Å²) in [6.07, 6.45) is 2.99. The standard InChI is InChI=1S/C20H16F2N2O3S/c1-26-17-7-3-12(9-18(17)27-2)4-8-19(25)24-20-23-16(11-28-20)13-5-6-14(21)15(22)10-13/h3-11H,1-2H3,(H,23,24,25)/b8-4+. The van der Waals surface area contributed by atoms with Crippen LogP contribution in [0.15, 0.2) is 47.9 Å². The molecule has 8 heteroatoms. The molecule has 0 aliphatic rings. The quantitative estimate of drug-likeness (QED) is 0.604. The summed E-state index contributed by atoms with van der Waals surface area (Å²) in [5.41, 5.74) is 1.63. The van der Waals surface area contributed by atoms with Gasteiger partial charge in [0.25, 0.3) is 0 Å². The number of hydrogen-bond acceptors (Lipinski definition) is 5. The average Bonchev–Trinajstić information content (AvgIpc) is 3.16. The van der Waals surface area contributed by atoms with Crippen molar-refractivity contribution in [2.75, 3.05) is 19.5 Å². The fourth-order valence-electron chi connectivity index (χ4n) is 2.39. The van der Waals surface area contributed by atoms with Gasteiger partial charge in [0.1, 0.15) is 0 Å². The second-order valence-corrected chi connectivity index (χ2v) is 6.46. The summed E-state index contributed by atoms with van der Waals surface area (Å²) in [6, 6.07) is 8.80. The van der Waals surface area contributed by atoms with Crippen molar-refractivity contribution in [2.45, 2.75) is 0 Å². The number of thiazole rings is 1. The SMILES string of the molecule is COc1ccc(/C=C/C(=O)Nc2nc(-c3ccc(F)c(F)c3)cs2)cc1OC. The van der Waals surface area contributed by atoms with Crippen LogP contribution in [-0.2, 0) is 4.79 Å². The number of halogens is 2. The van der Waals surface area contributed by atoms with Crippen molar-refractivity contribution in [1.82, 2.24) is 4.98 Å². The van der Waals surface area contributed by atoms with E-state index in [2.05, 4.69) is 10.3 Å². The van der Waals surface area contributed by atoms with E-state index in [0.717, 1.165) is 17.7 Å². The zero-order chi connectivity index (χ0) is 20.1. The van der Waals surface area contributed by atoms with Crippen molar-refractivity contribution in [2.24, 2.45) is 0 Å². The largest absolute Gasteiger partial charge is 0.493 e. The Labute approximate surface area is 164 Å². The molecule has 0 saturated heterocycles. The highest BCUT2D eigenvalue weighted by molar-refractivity contribution is 7.14. The molecule has 2 aromatic carbocycles. The lowest BCUT2D eigenvalue weighted by atomic mass is 10.2. The number of carbonyl (C=O) groups excluding carboxylic acids is 1. The summed E-state index contributed by atoms with van der Waals surface area (Å²) in [7, 11) is 3.08. The molecule has 3 aromatic rings. The molecule has 1 amide bonds.